The van der Waals surface area contributed by atoms with E-state index >= 15 is 0 Å². The maximum Gasteiger partial charge on any atom is 0.229 e. The molecule has 0 spiro atoms. The first-order valence-electron chi connectivity index (χ1n) is 6.06. The highest BCUT2D eigenvalue weighted by atomic mass is 32.1. The van der Waals surface area contributed by atoms with Gasteiger partial charge < -0.3 is 5.11 Å². The molecule has 1 N–H and O–H groups in total. The van der Waals surface area contributed by atoms with Crippen molar-refractivity contribution in [3.05, 3.63) is 29.8 Å². The summed E-state index contributed by atoms with van der Waals surface area (Å²) in [4.78, 5) is 22.2. The fourth-order valence-corrected chi connectivity index (χ4v) is 2.95. The molecular weight excluding hydrogens is 262 g/mol. The monoisotopic (exact) mass is 275 g/mol. The summed E-state index contributed by atoms with van der Waals surface area (Å²) in [5.41, 5.74) is 1.58. The van der Waals surface area contributed by atoms with Gasteiger partial charge in [0.15, 0.2) is 5.13 Å². The van der Waals surface area contributed by atoms with Crippen molar-refractivity contribution in [1.29, 1.82) is 0 Å². The highest BCUT2D eigenvalue weighted by molar-refractivity contribution is 7.14. The lowest BCUT2D eigenvalue weighted by Gasteiger charge is -2.11. The summed E-state index contributed by atoms with van der Waals surface area (Å²) in [5.74, 6) is 0.0515. The number of hydrogen-bond donors (Lipinski definition) is 1. The average Bonchev–Trinajstić information content (AvgIpc) is 3.06. The van der Waals surface area contributed by atoms with Crippen LogP contribution in [0.1, 0.15) is 6.42 Å². The minimum absolute atomic E-state index is 0.0229. The van der Waals surface area contributed by atoms with Crippen LogP contribution in [0.5, 0.6) is 0 Å². The van der Waals surface area contributed by atoms with Crippen molar-refractivity contribution in [3.63, 3.8) is 0 Å². The van der Waals surface area contributed by atoms with Gasteiger partial charge in [-0.05, 0) is 12.1 Å². The summed E-state index contributed by atoms with van der Waals surface area (Å²) < 4.78 is 0. The van der Waals surface area contributed by atoms with Crippen LogP contribution in [0.25, 0.3) is 11.4 Å². The Labute approximate surface area is 114 Å². The van der Waals surface area contributed by atoms with Crippen LogP contribution in [0.3, 0.4) is 0 Å². The maximum atomic E-state index is 11.9. The van der Waals surface area contributed by atoms with Crippen molar-refractivity contribution in [2.75, 3.05) is 18.1 Å². The molecule has 1 saturated heterocycles. The Morgan fingerprint density at radius 1 is 1.42 bits per heavy atom. The third-order valence-corrected chi connectivity index (χ3v) is 3.98. The maximum absolute atomic E-state index is 11.9. The van der Waals surface area contributed by atoms with Crippen LogP contribution in [0.4, 0.5) is 5.13 Å². The van der Waals surface area contributed by atoms with Gasteiger partial charge in [-0.3, -0.25) is 14.7 Å². The van der Waals surface area contributed by atoms with Crippen molar-refractivity contribution in [2.45, 2.75) is 6.42 Å². The fourth-order valence-electron chi connectivity index (χ4n) is 2.11. The second kappa shape index (κ2) is 5.07. The van der Waals surface area contributed by atoms with E-state index in [0.29, 0.717) is 18.1 Å². The first kappa shape index (κ1) is 12.3. The summed E-state index contributed by atoms with van der Waals surface area (Å²) >= 11 is 1.43. The number of amides is 1. The fraction of sp³-hybridized carbons (Fsp3) is 0.308. The summed E-state index contributed by atoms with van der Waals surface area (Å²) in [6, 6.07) is 5.65. The smallest absolute Gasteiger partial charge is 0.229 e. The van der Waals surface area contributed by atoms with Crippen LogP contribution < -0.4 is 4.90 Å². The highest BCUT2D eigenvalue weighted by Crippen LogP contribution is 2.30. The molecule has 1 amide bonds. The van der Waals surface area contributed by atoms with Crippen molar-refractivity contribution in [1.82, 2.24) is 9.97 Å². The number of aliphatic hydroxyl groups excluding tert-OH is 1. The van der Waals surface area contributed by atoms with E-state index in [1.54, 1.807) is 11.1 Å². The van der Waals surface area contributed by atoms with Crippen molar-refractivity contribution in [3.8, 4) is 11.4 Å². The van der Waals surface area contributed by atoms with Gasteiger partial charge in [0, 0.05) is 37.1 Å². The highest BCUT2D eigenvalue weighted by Gasteiger charge is 2.31. The molecule has 0 radical (unpaired) electrons. The van der Waals surface area contributed by atoms with E-state index in [9.17, 15) is 4.79 Å². The van der Waals surface area contributed by atoms with Crippen LogP contribution in [0.2, 0.25) is 0 Å². The number of carbonyl (C=O) groups is 1. The Kier molecular flexibility index (Phi) is 3.27. The largest absolute Gasteiger partial charge is 0.396 e. The SMILES string of the molecule is O=C1CC(CO)CN1c1nc(-c2ccccn2)cs1. The molecule has 3 heterocycles. The van der Waals surface area contributed by atoms with Gasteiger partial charge in [0.1, 0.15) is 5.69 Å². The summed E-state index contributed by atoms with van der Waals surface area (Å²) in [6.07, 6.45) is 2.12. The van der Waals surface area contributed by atoms with Gasteiger partial charge in [-0.15, -0.1) is 11.3 Å². The van der Waals surface area contributed by atoms with E-state index in [4.69, 9.17) is 5.11 Å². The molecule has 1 aliphatic rings. The molecule has 1 unspecified atom stereocenters. The number of anilines is 1. The number of nitrogens with zero attached hydrogens (tertiary/aromatic N) is 3. The second-order valence-corrected chi connectivity index (χ2v) is 5.32. The lowest BCUT2D eigenvalue weighted by Crippen LogP contribution is -2.24. The second-order valence-electron chi connectivity index (χ2n) is 4.49. The first-order chi connectivity index (χ1) is 9.28. The molecule has 98 valence electrons. The third-order valence-electron chi connectivity index (χ3n) is 3.11. The number of thiazole rings is 1. The Bertz CT molecular complexity index is 585. The van der Waals surface area contributed by atoms with E-state index < -0.39 is 0 Å². The van der Waals surface area contributed by atoms with Gasteiger partial charge in [0.25, 0.3) is 0 Å². The zero-order valence-electron chi connectivity index (χ0n) is 10.2. The summed E-state index contributed by atoms with van der Waals surface area (Å²) in [5, 5.41) is 11.7. The topological polar surface area (TPSA) is 66.3 Å². The number of rotatable bonds is 3. The van der Waals surface area contributed by atoms with Crippen molar-refractivity contribution in [2.24, 2.45) is 5.92 Å². The van der Waals surface area contributed by atoms with Crippen LogP contribution in [0.15, 0.2) is 29.8 Å². The zero-order chi connectivity index (χ0) is 13.2. The number of carbonyl (C=O) groups excluding carboxylic acids is 1. The van der Waals surface area contributed by atoms with Crippen molar-refractivity contribution < 1.29 is 9.90 Å². The summed E-state index contributed by atoms with van der Waals surface area (Å²) in [6.45, 7) is 0.589. The number of pyridine rings is 1. The minimum Gasteiger partial charge on any atom is -0.396 e. The molecule has 0 saturated carbocycles. The standard InChI is InChI=1S/C13H13N3O2S/c17-7-9-5-12(18)16(6-9)13-15-11(8-19-13)10-3-1-2-4-14-10/h1-4,8-9,17H,5-7H2. The van der Waals surface area contributed by atoms with Crippen molar-refractivity contribution >= 4 is 22.4 Å². The van der Waals surface area contributed by atoms with Gasteiger partial charge in [0.2, 0.25) is 5.91 Å². The quantitative estimate of drug-likeness (QED) is 0.923. The number of aromatic nitrogens is 2. The van der Waals surface area contributed by atoms with Crippen LogP contribution in [0, 0.1) is 5.92 Å². The first-order valence-corrected chi connectivity index (χ1v) is 6.94. The van der Waals surface area contributed by atoms with E-state index in [2.05, 4.69) is 9.97 Å². The zero-order valence-corrected chi connectivity index (χ0v) is 11.0. The van der Waals surface area contributed by atoms with Crippen LogP contribution >= 0.6 is 11.3 Å². The van der Waals surface area contributed by atoms with E-state index in [1.807, 2.05) is 23.6 Å². The molecular formula is C13H13N3O2S. The molecule has 2 aromatic rings. The lowest BCUT2D eigenvalue weighted by molar-refractivity contribution is -0.117. The van der Waals surface area contributed by atoms with Gasteiger partial charge in [-0.2, -0.15) is 0 Å². The molecule has 6 heteroatoms. The van der Waals surface area contributed by atoms with Gasteiger partial charge >= 0.3 is 0 Å². The molecule has 3 rings (SSSR count). The van der Waals surface area contributed by atoms with E-state index in [-0.39, 0.29) is 18.4 Å². The molecule has 2 aromatic heterocycles. The minimum atomic E-state index is 0.0229. The van der Waals surface area contributed by atoms with Gasteiger partial charge in [-0.25, -0.2) is 4.98 Å². The normalized spacial score (nSPS) is 19.1. The predicted octanol–water partition coefficient (Wildman–Crippen LogP) is 1.55. The molecule has 1 atom stereocenters. The predicted molar refractivity (Wildman–Crippen MR) is 72.9 cm³/mol. The molecule has 1 fully saturated rings. The van der Waals surface area contributed by atoms with Gasteiger partial charge in [-0.1, -0.05) is 6.07 Å². The Morgan fingerprint density at radius 2 is 2.32 bits per heavy atom. The molecule has 0 aliphatic carbocycles. The third kappa shape index (κ3) is 2.36. The average molecular weight is 275 g/mol. The molecule has 19 heavy (non-hydrogen) atoms. The van der Waals surface area contributed by atoms with Gasteiger partial charge in [0.05, 0.1) is 5.69 Å². The Hall–Kier alpha value is -1.79. The molecule has 0 bridgehead atoms. The lowest BCUT2D eigenvalue weighted by atomic mass is 10.1. The van der Waals surface area contributed by atoms with E-state index in [0.717, 1.165) is 11.4 Å². The molecule has 1 aliphatic heterocycles. The number of hydrogen-bond acceptors (Lipinski definition) is 5. The Balaban J connectivity index is 1.84. The number of aliphatic hydroxyl groups is 1. The Morgan fingerprint density at radius 3 is 3.00 bits per heavy atom. The molecule has 5 nitrogen and oxygen atoms in total. The molecule has 0 aromatic carbocycles. The summed E-state index contributed by atoms with van der Waals surface area (Å²) in [7, 11) is 0. The van der Waals surface area contributed by atoms with Crippen LogP contribution in [-0.4, -0.2) is 34.1 Å². The van der Waals surface area contributed by atoms with Crippen LogP contribution in [-0.2, 0) is 4.79 Å². The van der Waals surface area contributed by atoms with E-state index in [1.165, 1.54) is 11.3 Å².